The SMILES string of the molecule is CC1NNC(C)C1NC(=O)CC1CCCc2ccccc21. The van der Waals surface area contributed by atoms with Gasteiger partial charge in [-0.05, 0) is 50.2 Å². The highest BCUT2D eigenvalue weighted by atomic mass is 16.1. The number of benzene rings is 1. The second-order valence-electron chi connectivity index (χ2n) is 6.45. The molecule has 3 N–H and O–H groups in total. The van der Waals surface area contributed by atoms with E-state index in [1.54, 1.807) is 0 Å². The van der Waals surface area contributed by atoms with Crippen LogP contribution >= 0.6 is 0 Å². The van der Waals surface area contributed by atoms with Crippen LogP contribution in [0.3, 0.4) is 0 Å². The number of rotatable bonds is 3. The zero-order valence-corrected chi connectivity index (χ0v) is 12.9. The first kappa shape index (κ1) is 14.5. The molecule has 0 bridgehead atoms. The van der Waals surface area contributed by atoms with Crippen molar-refractivity contribution < 1.29 is 4.79 Å². The van der Waals surface area contributed by atoms with Crippen molar-refractivity contribution in [2.45, 2.75) is 63.6 Å². The van der Waals surface area contributed by atoms with Gasteiger partial charge in [-0.25, -0.2) is 0 Å². The summed E-state index contributed by atoms with van der Waals surface area (Å²) in [5.74, 6) is 0.550. The van der Waals surface area contributed by atoms with Crippen LogP contribution in [0.2, 0.25) is 0 Å². The molecule has 1 amide bonds. The number of hydrogen-bond donors (Lipinski definition) is 3. The highest BCUT2D eigenvalue weighted by molar-refractivity contribution is 5.77. The van der Waals surface area contributed by atoms with Crippen molar-refractivity contribution in [1.29, 1.82) is 0 Å². The van der Waals surface area contributed by atoms with Gasteiger partial charge in [-0.15, -0.1) is 0 Å². The fourth-order valence-corrected chi connectivity index (χ4v) is 3.66. The summed E-state index contributed by atoms with van der Waals surface area (Å²) >= 11 is 0. The van der Waals surface area contributed by atoms with Gasteiger partial charge in [0.15, 0.2) is 0 Å². The van der Waals surface area contributed by atoms with E-state index in [2.05, 4.69) is 54.3 Å². The number of hydrazine groups is 1. The zero-order chi connectivity index (χ0) is 14.8. The Morgan fingerprint density at radius 2 is 1.95 bits per heavy atom. The molecule has 4 heteroatoms. The van der Waals surface area contributed by atoms with E-state index >= 15 is 0 Å². The van der Waals surface area contributed by atoms with Crippen molar-refractivity contribution in [2.75, 3.05) is 0 Å². The Bertz CT molecular complexity index is 507. The second kappa shape index (κ2) is 6.16. The summed E-state index contributed by atoms with van der Waals surface area (Å²) in [5.41, 5.74) is 9.16. The van der Waals surface area contributed by atoms with Crippen molar-refractivity contribution in [3.8, 4) is 0 Å². The highest BCUT2D eigenvalue weighted by Gasteiger charge is 2.31. The number of amides is 1. The molecule has 0 saturated carbocycles. The normalized spacial score (nSPS) is 31.7. The summed E-state index contributed by atoms with van der Waals surface area (Å²) in [6.45, 7) is 4.19. The summed E-state index contributed by atoms with van der Waals surface area (Å²) in [6, 6.07) is 9.27. The molecule has 3 rings (SSSR count). The van der Waals surface area contributed by atoms with Crippen molar-refractivity contribution in [1.82, 2.24) is 16.2 Å². The first-order valence-electron chi connectivity index (χ1n) is 8.03. The summed E-state index contributed by atoms with van der Waals surface area (Å²) in [4.78, 5) is 12.4. The zero-order valence-electron chi connectivity index (χ0n) is 12.9. The highest BCUT2D eigenvalue weighted by Crippen LogP contribution is 2.33. The molecular weight excluding hydrogens is 262 g/mol. The van der Waals surface area contributed by atoms with Crippen LogP contribution in [0.5, 0.6) is 0 Å². The molecule has 1 saturated heterocycles. The fourth-order valence-electron chi connectivity index (χ4n) is 3.66. The molecule has 2 aliphatic rings. The molecule has 1 aliphatic carbocycles. The third-order valence-corrected chi connectivity index (χ3v) is 4.87. The third kappa shape index (κ3) is 3.11. The van der Waals surface area contributed by atoms with E-state index in [0.717, 1.165) is 12.8 Å². The number of hydrogen-bond acceptors (Lipinski definition) is 3. The summed E-state index contributed by atoms with van der Waals surface area (Å²) in [5, 5.41) is 3.19. The van der Waals surface area contributed by atoms with Crippen LogP contribution in [-0.2, 0) is 11.2 Å². The maximum Gasteiger partial charge on any atom is 0.220 e. The Hall–Kier alpha value is -1.39. The van der Waals surface area contributed by atoms with Crippen LogP contribution in [0.15, 0.2) is 24.3 Å². The van der Waals surface area contributed by atoms with Gasteiger partial charge < -0.3 is 5.32 Å². The largest absolute Gasteiger partial charge is 0.350 e. The standard InChI is InChI=1S/C17H25N3O/c1-11-17(12(2)20-19-11)18-16(21)10-14-8-5-7-13-6-3-4-9-15(13)14/h3-4,6,9,11-12,14,17,19-20H,5,7-8,10H2,1-2H3,(H,18,21). The van der Waals surface area contributed by atoms with E-state index in [1.165, 1.54) is 17.5 Å². The summed E-state index contributed by atoms with van der Waals surface area (Å²) < 4.78 is 0. The summed E-state index contributed by atoms with van der Waals surface area (Å²) in [6.07, 6.45) is 4.07. The average Bonchev–Trinajstić information content (AvgIpc) is 2.79. The van der Waals surface area contributed by atoms with Gasteiger partial charge >= 0.3 is 0 Å². The van der Waals surface area contributed by atoms with E-state index in [-0.39, 0.29) is 24.0 Å². The molecule has 4 nitrogen and oxygen atoms in total. The van der Waals surface area contributed by atoms with Crippen molar-refractivity contribution in [3.63, 3.8) is 0 Å². The number of aryl methyl sites for hydroxylation is 1. The van der Waals surface area contributed by atoms with Gasteiger partial charge in [0, 0.05) is 18.5 Å². The molecule has 1 aliphatic heterocycles. The Kier molecular flexibility index (Phi) is 4.27. The molecule has 3 atom stereocenters. The molecule has 114 valence electrons. The van der Waals surface area contributed by atoms with E-state index in [4.69, 9.17) is 0 Å². The maximum atomic E-state index is 12.4. The fraction of sp³-hybridized carbons (Fsp3) is 0.588. The van der Waals surface area contributed by atoms with Gasteiger partial charge in [-0.3, -0.25) is 15.6 Å². The molecule has 3 unspecified atom stereocenters. The predicted octanol–water partition coefficient (Wildman–Crippen LogP) is 1.87. The monoisotopic (exact) mass is 287 g/mol. The van der Waals surface area contributed by atoms with Crippen molar-refractivity contribution >= 4 is 5.91 Å². The minimum Gasteiger partial charge on any atom is -0.350 e. The lowest BCUT2D eigenvalue weighted by Crippen LogP contribution is -2.46. The van der Waals surface area contributed by atoms with E-state index in [0.29, 0.717) is 12.3 Å². The van der Waals surface area contributed by atoms with Crippen LogP contribution in [-0.4, -0.2) is 24.0 Å². The molecule has 1 heterocycles. The van der Waals surface area contributed by atoms with Gasteiger partial charge in [-0.1, -0.05) is 24.3 Å². The van der Waals surface area contributed by atoms with Crippen LogP contribution in [0, 0.1) is 0 Å². The van der Waals surface area contributed by atoms with Crippen molar-refractivity contribution in [3.05, 3.63) is 35.4 Å². The van der Waals surface area contributed by atoms with Crippen molar-refractivity contribution in [2.24, 2.45) is 0 Å². The van der Waals surface area contributed by atoms with Gasteiger partial charge in [0.1, 0.15) is 0 Å². The van der Waals surface area contributed by atoms with Crippen LogP contribution in [0.1, 0.15) is 50.2 Å². The van der Waals surface area contributed by atoms with E-state index < -0.39 is 0 Å². The predicted molar refractivity (Wildman–Crippen MR) is 83.9 cm³/mol. The number of carbonyl (C=O) groups excluding carboxylic acids is 1. The molecule has 1 aromatic rings. The minimum atomic E-state index is 0.163. The topological polar surface area (TPSA) is 53.2 Å². The van der Waals surface area contributed by atoms with Crippen LogP contribution in [0.25, 0.3) is 0 Å². The smallest absolute Gasteiger partial charge is 0.220 e. The maximum absolute atomic E-state index is 12.4. The second-order valence-corrected chi connectivity index (χ2v) is 6.45. The van der Waals surface area contributed by atoms with Gasteiger partial charge in [-0.2, -0.15) is 0 Å². The minimum absolute atomic E-state index is 0.163. The van der Waals surface area contributed by atoms with E-state index in [9.17, 15) is 4.79 Å². The Morgan fingerprint density at radius 3 is 2.71 bits per heavy atom. The molecule has 0 radical (unpaired) electrons. The first-order valence-corrected chi connectivity index (χ1v) is 8.03. The molecule has 0 aromatic heterocycles. The Labute approximate surface area is 126 Å². The van der Waals surface area contributed by atoms with E-state index in [1.807, 2.05) is 0 Å². The Balaban J connectivity index is 1.63. The molecule has 0 spiro atoms. The molecular formula is C17H25N3O. The first-order chi connectivity index (χ1) is 10.1. The Morgan fingerprint density at radius 1 is 1.24 bits per heavy atom. The average molecular weight is 287 g/mol. The number of carbonyl (C=O) groups is 1. The number of fused-ring (bicyclic) bond motifs is 1. The lowest BCUT2D eigenvalue weighted by atomic mass is 9.81. The number of nitrogens with one attached hydrogen (secondary N) is 3. The van der Waals surface area contributed by atoms with Gasteiger partial charge in [0.2, 0.25) is 5.91 Å². The van der Waals surface area contributed by atoms with Gasteiger partial charge in [0.25, 0.3) is 0 Å². The van der Waals surface area contributed by atoms with Crippen LogP contribution in [0.4, 0.5) is 0 Å². The third-order valence-electron chi connectivity index (χ3n) is 4.87. The summed E-state index contributed by atoms with van der Waals surface area (Å²) in [7, 11) is 0. The lowest BCUT2D eigenvalue weighted by molar-refractivity contribution is -0.122. The molecule has 1 fully saturated rings. The molecule has 21 heavy (non-hydrogen) atoms. The lowest BCUT2D eigenvalue weighted by Gasteiger charge is -2.26. The van der Waals surface area contributed by atoms with Crippen LogP contribution < -0.4 is 16.2 Å². The quantitative estimate of drug-likeness (QED) is 0.795. The van der Waals surface area contributed by atoms with Gasteiger partial charge in [0.05, 0.1) is 6.04 Å². The molecule has 1 aromatic carbocycles.